The Morgan fingerprint density at radius 2 is 1.27 bits per heavy atom. The minimum absolute atomic E-state index is 0.0344. The Balaban J connectivity index is 0.000000653. The second-order valence-corrected chi connectivity index (χ2v) is 13.1. The summed E-state index contributed by atoms with van der Waals surface area (Å²) < 4.78 is 4.80. The maximum Gasteiger partial charge on any atom is 0.327 e. The van der Waals surface area contributed by atoms with Gasteiger partial charge in [-0.15, -0.1) is 0 Å². The van der Waals surface area contributed by atoms with Crippen LogP contribution in [0.3, 0.4) is 0 Å². The molecule has 0 aliphatic rings. The average Bonchev–Trinajstić information content (AvgIpc) is 2.66. The van der Waals surface area contributed by atoms with Gasteiger partial charge in [-0.2, -0.15) is 0 Å². The fraction of sp³-hybridized carbons (Fsp3) is 0.778. The summed E-state index contributed by atoms with van der Waals surface area (Å²) in [5, 5.41) is 19.9. The van der Waals surface area contributed by atoms with Crippen LogP contribution < -0.4 is 0 Å². The molecule has 0 heterocycles. The lowest BCUT2D eigenvalue weighted by Gasteiger charge is -2.31. The van der Waals surface area contributed by atoms with E-state index < -0.39 is 8.60 Å². The SMILES string of the molecule is CC(C)(C)c1cc(C(C)(C)C)c(O)c(C(C)(C)C)c1.CCCCC(CC)(CO)COP(O)O. The summed E-state index contributed by atoms with van der Waals surface area (Å²) in [6, 6.07) is 4.34. The van der Waals surface area contributed by atoms with E-state index >= 15 is 0 Å². The summed E-state index contributed by atoms with van der Waals surface area (Å²) in [7, 11) is -2.30. The molecule has 1 atom stereocenters. The van der Waals surface area contributed by atoms with Crippen LogP contribution in [0.15, 0.2) is 12.1 Å². The quantitative estimate of drug-likeness (QED) is 0.295. The van der Waals surface area contributed by atoms with Crippen molar-refractivity contribution < 1.29 is 24.5 Å². The van der Waals surface area contributed by atoms with Crippen molar-refractivity contribution in [3.63, 3.8) is 0 Å². The number of phenolic OH excluding ortho intramolecular Hbond substituents is 1. The van der Waals surface area contributed by atoms with Crippen LogP contribution in [0.25, 0.3) is 0 Å². The molecule has 194 valence electrons. The summed E-state index contributed by atoms with van der Waals surface area (Å²) in [5.74, 6) is 0.466. The molecule has 0 fully saturated rings. The molecule has 0 spiro atoms. The molecule has 0 amide bonds. The molecule has 1 unspecified atom stereocenters. The van der Waals surface area contributed by atoms with Gasteiger partial charge in [-0.05, 0) is 45.8 Å². The topological polar surface area (TPSA) is 90.2 Å². The highest BCUT2D eigenvalue weighted by Crippen LogP contribution is 2.42. The van der Waals surface area contributed by atoms with Gasteiger partial charge in [0.15, 0.2) is 0 Å². The minimum atomic E-state index is -2.30. The largest absolute Gasteiger partial charge is 0.507 e. The number of rotatable bonds is 8. The maximum atomic E-state index is 10.7. The lowest BCUT2D eigenvalue weighted by molar-refractivity contribution is 0.0474. The first-order chi connectivity index (χ1) is 14.8. The Labute approximate surface area is 204 Å². The molecule has 0 radical (unpaired) electrons. The molecule has 0 saturated carbocycles. The smallest absolute Gasteiger partial charge is 0.327 e. The zero-order chi connectivity index (χ0) is 26.3. The zero-order valence-electron chi connectivity index (χ0n) is 23.0. The van der Waals surface area contributed by atoms with Crippen LogP contribution in [0.5, 0.6) is 5.75 Å². The van der Waals surface area contributed by atoms with Crippen molar-refractivity contribution in [2.45, 2.75) is 118 Å². The van der Waals surface area contributed by atoms with Crippen molar-refractivity contribution in [3.05, 3.63) is 28.8 Å². The second kappa shape index (κ2) is 12.8. The molecular weight excluding hydrogens is 435 g/mol. The highest BCUT2D eigenvalue weighted by atomic mass is 31.2. The van der Waals surface area contributed by atoms with Crippen molar-refractivity contribution in [1.82, 2.24) is 0 Å². The molecular formula is C27H51O5P. The van der Waals surface area contributed by atoms with Gasteiger partial charge in [0.05, 0.1) is 13.2 Å². The number of unbranched alkanes of at least 4 members (excludes halogenated alkanes) is 1. The molecule has 6 heteroatoms. The number of benzene rings is 1. The van der Waals surface area contributed by atoms with Crippen molar-refractivity contribution in [1.29, 1.82) is 0 Å². The number of aliphatic hydroxyl groups excluding tert-OH is 1. The van der Waals surface area contributed by atoms with Crippen LogP contribution in [0.1, 0.15) is 119 Å². The third-order valence-corrected chi connectivity index (χ3v) is 6.58. The summed E-state index contributed by atoms with van der Waals surface area (Å²) in [6.45, 7) is 23.9. The van der Waals surface area contributed by atoms with Crippen molar-refractivity contribution in [2.24, 2.45) is 5.41 Å². The predicted octanol–water partition coefficient (Wildman–Crippen LogP) is 7.08. The van der Waals surface area contributed by atoms with Crippen molar-refractivity contribution >= 4 is 8.60 Å². The van der Waals surface area contributed by atoms with Gasteiger partial charge in [0.1, 0.15) is 5.75 Å². The van der Waals surface area contributed by atoms with Crippen LogP contribution in [-0.2, 0) is 20.8 Å². The van der Waals surface area contributed by atoms with Crippen LogP contribution >= 0.6 is 8.60 Å². The normalized spacial score (nSPS) is 14.6. The molecule has 0 aliphatic carbocycles. The van der Waals surface area contributed by atoms with Crippen LogP contribution in [0, 0.1) is 5.41 Å². The van der Waals surface area contributed by atoms with E-state index in [-0.39, 0.29) is 34.9 Å². The fourth-order valence-electron chi connectivity index (χ4n) is 3.54. The summed E-state index contributed by atoms with van der Waals surface area (Å²) in [6.07, 6.45) is 3.73. The van der Waals surface area contributed by atoms with E-state index in [2.05, 4.69) is 81.4 Å². The molecule has 1 aromatic rings. The Morgan fingerprint density at radius 1 is 0.818 bits per heavy atom. The first-order valence-corrected chi connectivity index (χ1v) is 13.3. The number of hydrogen-bond donors (Lipinski definition) is 4. The fourth-order valence-corrected chi connectivity index (χ4v) is 3.93. The lowest BCUT2D eigenvalue weighted by atomic mass is 9.75. The van der Waals surface area contributed by atoms with E-state index in [1.165, 1.54) is 5.56 Å². The van der Waals surface area contributed by atoms with Gasteiger partial charge in [-0.3, -0.25) is 0 Å². The summed E-state index contributed by atoms with van der Waals surface area (Å²) in [5.41, 5.74) is 3.07. The van der Waals surface area contributed by atoms with E-state index in [1.807, 2.05) is 6.92 Å². The summed E-state index contributed by atoms with van der Waals surface area (Å²) in [4.78, 5) is 17.3. The third-order valence-electron chi connectivity index (χ3n) is 6.22. The number of hydrogen-bond acceptors (Lipinski definition) is 5. The molecule has 1 aromatic carbocycles. The van der Waals surface area contributed by atoms with Crippen molar-refractivity contribution in [2.75, 3.05) is 13.2 Å². The van der Waals surface area contributed by atoms with E-state index in [4.69, 9.17) is 14.3 Å². The van der Waals surface area contributed by atoms with Crippen LogP contribution in [0.4, 0.5) is 0 Å². The third kappa shape index (κ3) is 10.6. The Hall–Kier alpha value is -0.710. The molecule has 0 saturated heterocycles. The lowest BCUT2D eigenvalue weighted by Crippen LogP contribution is -2.29. The zero-order valence-corrected chi connectivity index (χ0v) is 23.9. The molecule has 1 rings (SSSR count). The van der Waals surface area contributed by atoms with Gasteiger partial charge in [-0.1, -0.05) is 101 Å². The first-order valence-electron chi connectivity index (χ1n) is 12.1. The Bertz CT molecular complexity index is 670. The molecule has 0 aliphatic heterocycles. The Morgan fingerprint density at radius 3 is 1.55 bits per heavy atom. The van der Waals surface area contributed by atoms with Gasteiger partial charge in [0.2, 0.25) is 0 Å². The molecule has 0 aromatic heterocycles. The van der Waals surface area contributed by atoms with E-state index in [9.17, 15) is 10.2 Å². The van der Waals surface area contributed by atoms with Gasteiger partial charge >= 0.3 is 8.60 Å². The van der Waals surface area contributed by atoms with Gasteiger partial charge < -0.3 is 24.5 Å². The molecule has 4 N–H and O–H groups in total. The summed E-state index contributed by atoms with van der Waals surface area (Å²) >= 11 is 0. The van der Waals surface area contributed by atoms with E-state index in [1.54, 1.807) is 0 Å². The van der Waals surface area contributed by atoms with E-state index in [0.717, 1.165) is 36.8 Å². The van der Waals surface area contributed by atoms with Crippen LogP contribution in [0.2, 0.25) is 0 Å². The predicted molar refractivity (Wildman–Crippen MR) is 141 cm³/mol. The van der Waals surface area contributed by atoms with Crippen molar-refractivity contribution in [3.8, 4) is 5.75 Å². The van der Waals surface area contributed by atoms with Gasteiger partial charge in [0, 0.05) is 5.41 Å². The second-order valence-electron chi connectivity index (χ2n) is 12.3. The Kier molecular flexibility index (Phi) is 12.6. The molecule has 33 heavy (non-hydrogen) atoms. The molecule has 5 nitrogen and oxygen atoms in total. The highest BCUT2D eigenvalue weighted by Gasteiger charge is 2.29. The maximum absolute atomic E-state index is 10.7. The highest BCUT2D eigenvalue weighted by molar-refractivity contribution is 7.39. The minimum Gasteiger partial charge on any atom is -0.507 e. The monoisotopic (exact) mass is 486 g/mol. The number of phenols is 1. The standard InChI is InChI=1S/C18H30O.C9H21O4P/c1-16(2,3)12-10-13(17(4,5)6)15(19)14(11-12)18(7,8)9;1-3-5-6-9(4-2,7-10)8-13-14(11)12/h10-11,19H,1-9H3;10-12H,3-8H2,1-2H3. The molecule has 0 bridgehead atoms. The number of aromatic hydroxyl groups is 1. The average molecular weight is 487 g/mol. The van der Waals surface area contributed by atoms with Crippen LogP contribution in [-0.4, -0.2) is 33.2 Å². The van der Waals surface area contributed by atoms with E-state index in [0.29, 0.717) is 5.75 Å². The van der Waals surface area contributed by atoms with Gasteiger partial charge in [-0.25, -0.2) is 0 Å². The first kappa shape index (κ1) is 32.3. The van der Waals surface area contributed by atoms with Gasteiger partial charge in [0.25, 0.3) is 0 Å². The number of aliphatic hydroxyl groups is 1.